The van der Waals surface area contributed by atoms with E-state index in [-0.39, 0.29) is 18.4 Å². The van der Waals surface area contributed by atoms with Crippen LogP contribution in [0.15, 0.2) is 24.3 Å². The maximum atomic E-state index is 12.6. The zero-order valence-corrected chi connectivity index (χ0v) is 15.1. The minimum Gasteiger partial charge on any atom is -0.456 e. The van der Waals surface area contributed by atoms with Gasteiger partial charge in [0.15, 0.2) is 12.4 Å². The second kappa shape index (κ2) is 7.68. The lowest BCUT2D eigenvalue weighted by molar-refractivity contribution is -0.159. The molecule has 7 nitrogen and oxygen atoms in total. The quantitative estimate of drug-likeness (QED) is 0.844. The third-order valence-electron chi connectivity index (χ3n) is 4.57. The molecule has 1 saturated heterocycles. The van der Waals surface area contributed by atoms with Crippen molar-refractivity contribution in [2.45, 2.75) is 45.8 Å². The third-order valence-corrected chi connectivity index (χ3v) is 4.57. The molecule has 3 rings (SSSR count). The number of fused-ring (bicyclic) bond motifs is 1. The first-order valence-electron chi connectivity index (χ1n) is 8.95. The van der Waals surface area contributed by atoms with Gasteiger partial charge in [0.2, 0.25) is 5.91 Å². The van der Waals surface area contributed by atoms with Gasteiger partial charge in [0.1, 0.15) is 11.9 Å². The van der Waals surface area contributed by atoms with Crippen molar-refractivity contribution < 1.29 is 14.3 Å². The van der Waals surface area contributed by atoms with Crippen LogP contribution in [0, 0.1) is 5.92 Å². The van der Waals surface area contributed by atoms with E-state index in [0.717, 1.165) is 18.2 Å². The van der Waals surface area contributed by atoms with Crippen LogP contribution in [0.5, 0.6) is 0 Å². The van der Waals surface area contributed by atoms with E-state index in [1.165, 1.54) is 0 Å². The van der Waals surface area contributed by atoms with Crippen LogP contribution < -0.4 is 5.73 Å². The predicted octanol–water partition coefficient (Wildman–Crippen LogP) is 2.29. The smallest absolute Gasteiger partial charge is 0.329 e. The molecular formula is C19H24N4O3. The molecule has 1 amide bonds. The Labute approximate surface area is 152 Å². The lowest BCUT2D eigenvalue weighted by Gasteiger charge is -2.35. The van der Waals surface area contributed by atoms with Gasteiger partial charge in [-0.25, -0.2) is 14.8 Å². The van der Waals surface area contributed by atoms with Gasteiger partial charge in [-0.15, -0.1) is 0 Å². The van der Waals surface area contributed by atoms with E-state index < -0.39 is 12.0 Å². The van der Waals surface area contributed by atoms with Crippen molar-refractivity contribution in [3.8, 4) is 0 Å². The first-order valence-corrected chi connectivity index (χ1v) is 8.95. The first-order chi connectivity index (χ1) is 12.5. The molecule has 1 aliphatic heterocycles. The summed E-state index contributed by atoms with van der Waals surface area (Å²) >= 11 is 0. The standard InChI is InChI=1S/C19H24N4O3/c1-12(2)18(24)23-10-6-5-9-15(23)19(25)26-11-16-21-14-8-4-3-7-13(14)17(20)22-16/h3-4,7-8,12,15H,5-6,9-11H2,1-2H3,(H2,20,21,22)/t15-/m1/s1. The molecule has 0 spiro atoms. The molecule has 1 aromatic carbocycles. The van der Waals surface area contributed by atoms with E-state index in [2.05, 4.69) is 9.97 Å². The van der Waals surface area contributed by atoms with Gasteiger partial charge in [0.25, 0.3) is 0 Å². The number of likely N-dealkylation sites (tertiary alicyclic amines) is 1. The van der Waals surface area contributed by atoms with Gasteiger partial charge in [-0.1, -0.05) is 26.0 Å². The summed E-state index contributed by atoms with van der Waals surface area (Å²) in [4.78, 5) is 35.2. The number of rotatable bonds is 4. The predicted molar refractivity (Wildman–Crippen MR) is 97.9 cm³/mol. The van der Waals surface area contributed by atoms with Crippen LogP contribution in [0.1, 0.15) is 38.9 Å². The molecule has 0 unspecified atom stereocenters. The Bertz CT molecular complexity index is 822. The Morgan fingerprint density at radius 1 is 1.27 bits per heavy atom. The number of nitrogens with two attached hydrogens (primary N) is 1. The van der Waals surface area contributed by atoms with E-state index in [9.17, 15) is 9.59 Å². The highest BCUT2D eigenvalue weighted by atomic mass is 16.5. The molecule has 2 heterocycles. The second-order valence-electron chi connectivity index (χ2n) is 6.85. The Hall–Kier alpha value is -2.70. The zero-order chi connectivity index (χ0) is 18.7. The second-order valence-corrected chi connectivity index (χ2v) is 6.85. The number of benzene rings is 1. The lowest BCUT2D eigenvalue weighted by Crippen LogP contribution is -2.50. The van der Waals surface area contributed by atoms with Crippen LogP contribution in [-0.2, 0) is 20.9 Å². The lowest BCUT2D eigenvalue weighted by atomic mass is 10.00. The topological polar surface area (TPSA) is 98.4 Å². The van der Waals surface area contributed by atoms with Gasteiger partial charge in [-0.3, -0.25) is 4.79 Å². The number of piperidine rings is 1. The largest absolute Gasteiger partial charge is 0.456 e. The SMILES string of the molecule is CC(C)C(=O)N1CCCC[C@@H]1C(=O)OCc1nc(N)c2ccccc2n1. The maximum absolute atomic E-state index is 12.6. The summed E-state index contributed by atoms with van der Waals surface area (Å²) in [7, 11) is 0. The Balaban J connectivity index is 1.70. The van der Waals surface area contributed by atoms with E-state index in [1.807, 2.05) is 38.1 Å². The normalized spacial score (nSPS) is 17.5. The van der Waals surface area contributed by atoms with E-state index in [1.54, 1.807) is 4.90 Å². The van der Waals surface area contributed by atoms with Gasteiger partial charge in [-0.05, 0) is 31.4 Å². The fourth-order valence-corrected chi connectivity index (χ4v) is 3.22. The number of hydrogen-bond acceptors (Lipinski definition) is 6. The zero-order valence-electron chi connectivity index (χ0n) is 15.1. The van der Waals surface area contributed by atoms with Crippen LogP contribution in [-0.4, -0.2) is 39.3 Å². The van der Waals surface area contributed by atoms with Crippen LogP contribution in [0.25, 0.3) is 10.9 Å². The maximum Gasteiger partial charge on any atom is 0.329 e. The van der Waals surface area contributed by atoms with Crippen molar-refractivity contribution >= 4 is 28.6 Å². The van der Waals surface area contributed by atoms with Crippen LogP contribution in [0.3, 0.4) is 0 Å². The number of nitrogens with zero attached hydrogens (tertiary/aromatic N) is 3. The van der Waals surface area contributed by atoms with Crippen molar-refractivity contribution in [1.29, 1.82) is 0 Å². The number of para-hydroxylation sites is 1. The third kappa shape index (κ3) is 3.76. The molecular weight excluding hydrogens is 332 g/mol. The number of aromatic nitrogens is 2. The van der Waals surface area contributed by atoms with E-state index in [4.69, 9.17) is 10.5 Å². The summed E-state index contributed by atoms with van der Waals surface area (Å²) in [6, 6.07) is 6.88. The molecule has 2 N–H and O–H groups in total. The number of carbonyl (C=O) groups excluding carboxylic acids is 2. The first kappa shape index (κ1) is 18.1. The summed E-state index contributed by atoms with van der Waals surface area (Å²) in [5.41, 5.74) is 6.67. The minimum atomic E-state index is -0.531. The van der Waals surface area contributed by atoms with E-state index >= 15 is 0 Å². The molecule has 1 atom stereocenters. The monoisotopic (exact) mass is 356 g/mol. The molecule has 1 aliphatic rings. The summed E-state index contributed by atoms with van der Waals surface area (Å²) in [6.07, 6.45) is 2.44. The van der Waals surface area contributed by atoms with Gasteiger partial charge in [0.05, 0.1) is 5.52 Å². The highest BCUT2D eigenvalue weighted by Gasteiger charge is 2.34. The highest BCUT2D eigenvalue weighted by molar-refractivity contribution is 5.88. The summed E-state index contributed by atoms with van der Waals surface area (Å²) in [5, 5.41) is 0.767. The molecule has 1 aromatic heterocycles. The Morgan fingerprint density at radius 3 is 2.81 bits per heavy atom. The summed E-state index contributed by atoms with van der Waals surface area (Å²) in [5.74, 6) is 0.141. The fraction of sp³-hybridized carbons (Fsp3) is 0.474. The average Bonchev–Trinajstić information content (AvgIpc) is 2.65. The van der Waals surface area contributed by atoms with Crippen molar-refractivity contribution in [1.82, 2.24) is 14.9 Å². The average molecular weight is 356 g/mol. The summed E-state index contributed by atoms with van der Waals surface area (Å²) in [6.45, 7) is 4.21. The molecule has 0 bridgehead atoms. The van der Waals surface area contributed by atoms with Crippen LogP contribution in [0.2, 0.25) is 0 Å². The Morgan fingerprint density at radius 2 is 2.04 bits per heavy atom. The fourth-order valence-electron chi connectivity index (χ4n) is 3.22. The number of anilines is 1. The van der Waals surface area contributed by atoms with Gasteiger partial charge in [-0.2, -0.15) is 0 Å². The van der Waals surface area contributed by atoms with Crippen molar-refractivity contribution in [3.63, 3.8) is 0 Å². The molecule has 1 fully saturated rings. The Kier molecular flexibility index (Phi) is 5.35. The van der Waals surface area contributed by atoms with Gasteiger partial charge >= 0.3 is 5.97 Å². The van der Waals surface area contributed by atoms with Crippen molar-refractivity contribution in [3.05, 3.63) is 30.1 Å². The van der Waals surface area contributed by atoms with Crippen molar-refractivity contribution in [2.24, 2.45) is 5.92 Å². The number of ether oxygens (including phenoxy) is 1. The molecule has 0 radical (unpaired) electrons. The number of nitrogen functional groups attached to an aromatic ring is 1. The molecule has 7 heteroatoms. The summed E-state index contributed by atoms with van der Waals surface area (Å²) < 4.78 is 5.42. The molecule has 138 valence electrons. The number of hydrogen-bond donors (Lipinski definition) is 1. The molecule has 2 aromatic rings. The van der Waals surface area contributed by atoms with Crippen molar-refractivity contribution in [2.75, 3.05) is 12.3 Å². The van der Waals surface area contributed by atoms with Crippen LogP contribution in [0.4, 0.5) is 5.82 Å². The van der Waals surface area contributed by atoms with Crippen LogP contribution >= 0.6 is 0 Å². The molecule has 26 heavy (non-hydrogen) atoms. The highest BCUT2D eigenvalue weighted by Crippen LogP contribution is 2.21. The van der Waals surface area contributed by atoms with Gasteiger partial charge in [0, 0.05) is 17.8 Å². The number of amides is 1. The number of esters is 1. The number of carbonyl (C=O) groups is 2. The molecule has 0 saturated carbocycles. The van der Waals surface area contributed by atoms with Gasteiger partial charge < -0.3 is 15.4 Å². The minimum absolute atomic E-state index is 0.0159. The van der Waals surface area contributed by atoms with E-state index in [0.29, 0.717) is 30.1 Å². The molecule has 0 aliphatic carbocycles.